The van der Waals surface area contributed by atoms with E-state index in [1.165, 1.54) is 24.4 Å². The molecule has 4 heterocycles. The molecule has 0 aliphatic heterocycles. The number of hydrogen-bond acceptors (Lipinski definition) is 7. The van der Waals surface area contributed by atoms with E-state index in [1.54, 1.807) is 29.0 Å². The third-order valence-electron chi connectivity index (χ3n) is 6.36. The molecule has 2 aromatic carbocycles. The predicted molar refractivity (Wildman–Crippen MR) is 151 cm³/mol. The predicted octanol–water partition coefficient (Wildman–Crippen LogP) is 5.22. The minimum Gasteiger partial charge on any atom is -0.478 e. The molecular formula is C30H20FN7O3. The molecule has 0 atom stereocenters. The SMILES string of the molecule is Nc1ncccc1-c1nc2ccc(-c3ccccc3)nc2n1-c1ccc(C(=O)Nc2ccc(C(=O)O)cc2F)nc1. The highest BCUT2D eigenvalue weighted by atomic mass is 19.1. The van der Waals surface area contributed by atoms with Gasteiger partial charge in [0, 0.05) is 11.8 Å². The van der Waals surface area contributed by atoms with Crippen molar-refractivity contribution < 1.29 is 19.1 Å². The van der Waals surface area contributed by atoms with Crippen molar-refractivity contribution in [3.8, 4) is 28.3 Å². The first-order valence-corrected chi connectivity index (χ1v) is 12.4. The van der Waals surface area contributed by atoms with Crippen LogP contribution in [-0.4, -0.2) is 41.5 Å². The quantitative estimate of drug-likeness (QED) is 0.258. The molecule has 200 valence electrons. The number of hydrogen-bond donors (Lipinski definition) is 3. The number of aromatic carboxylic acids is 1. The number of carboxylic acid groups (broad SMARTS) is 1. The summed E-state index contributed by atoms with van der Waals surface area (Å²) in [6, 6.07) is 23.4. The largest absolute Gasteiger partial charge is 0.478 e. The Kier molecular flexibility index (Phi) is 6.36. The highest BCUT2D eigenvalue weighted by Gasteiger charge is 2.20. The Bertz CT molecular complexity index is 1940. The van der Waals surface area contributed by atoms with Gasteiger partial charge in [-0.3, -0.25) is 9.36 Å². The van der Waals surface area contributed by atoms with Gasteiger partial charge in [0.05, 0.1) is 34.4 Å². The average Bonchev–Trinajstić information content (AvgIpc) is 3.37. The number of nitrogens with two attached hydrogens (primary N) is 1. The molecule has 1 amide bonds. The fourth-order valence-corrected chi connectivity index (χ4v) is 4.35. The van der Waals surface area contributed by atoms with Crippen LogP contribution in [0.5, 0.6) is 0 Å². The van der Waals surface area contributed by atoms with Gasteiger partial charge in [0.2, 0.25) is 0 Å². The van der Waals surface area contributed by atoms with Crippen molar-refractivity contribution in [3.05, 3.63) is 114 Å². The van der Waals surface area contributed by atoms with Crippen LogP contribution in [0.4, 0.5) is 15.9 Å². The van der Waals surface area contributed by atoms with E-state index < -0.39 is 17.7 Å². The number of nitrogens with one attached hydrogen (secondary N) is 1. The van der Waals surface area contributed by atoms with E-state index in [1.807, 2.05) is 42.5 Å². The van der Waals surface area contributed by atoms with Gasteiger partial charge in [-0.15, -0.1) is 0 Å². The number of fused-ring (bicyclic) bond motifs is 1. The van der Waals surface area contributed by atoms with Gasteiger partial charge in [0.1, 0.15) is 22.8 Å². The Morgan fingerprint density at radius 1 is 0.902 bits per heavy atom. The molecule has 0 unspecified atom stereocenters. The number of aromatic nitrogens is 5. The van der Waals surface area contributed by atoms with E-state index in [2.05, 4.69) is 15.3 Å². The summed E-state index contributed by atoms with van der Waals surface area (Å²) in [5, 5.41) is 11.4. The van der Waals surface area contributed by atoms with Crippen LogP contribution in [0.25, 0.3) is 39.5 Å². The number of anilines is 2. The summed E-state index contributed by atoms with van der Waals surface area (Å²) in [5.41, 5.74) is 9.79. The number of benzene rings is 2. The smallest absolute Gasteiger partial charge is 0.335 e. The molecule has 0 saturated carbocycles. The van der Waals surface area contributed by atoms with Gasteiger partial charge in [0.25, 0.3) is 5.91 Å². The molecule has 6 rings (SSSR count). The molecular weight excluding hydrogens is 525 g/mol. The van der Waals surface area contributed by atoms with Crippen LogP contribution in [0.1, 0.15) is 20.8 Å². The van der Waals surface area contributed by atoms with Crippen molar-refractivity contribution in [2.75, 3.05) is 11.1 Å². The van der Waals surface area contributed by atoms with Crippen LogP contribution < -0.4 is 11.1 Å². The molecule has 0 fully saturated rings. The Morgan fingerprint density at radius 3 is 2.44 bits per heavy atom. The third kappa shape index (κ3) is 4.83. The van der Waals surface area contributed by atoms with Crippen LogP contribution in [0.15, 0.2) is 97.3 Å². The molecule has 0 bridgehead atoms. The Labute approximate surface area is 232 Å². The van der Waals surface area contributed by atoms with E-state index in [4.69, 9.17) is 20.8 Å². The molecule has 0 saturated heterocycles. The number of imidazole rings is 1. The number of pyridine rings is 3. The van der Waals surface area contributed by atoms with Crippen LogP contribution >= 0.6 is 0 Å². The van der Waals surface area contributed by atoms with Crippen LogP contribution in [0, 0.1) is 5.82 Å². The van der Waals surface area contributed by atoms with Gasteiger partial charge in [-0.05, 0) is 54.6 Å². The van der Waals surface area contributed by atoms with Crippen molar-refractivity contribution in [2.45, 2.75) is 0 Å². The molecule has 0 radical (unpaired) electrons. The molecule has 6 aromatic rings. The first kappa shape index (κ1) is 25.3. The van der Waals surface area contributed by atoms with E-state index in [-0.39, 0.29) is 22.8 Å². The average molecular weight is 546 g/mol. The van der Waals surface area contributed by atoms with Crippen LogP contribution in [0.2, 0.25) is 0 Å². The first-order chi connectivity index (χ1) is 19.9. The zero-order valence-corrected chi connectivity index (χ0v) is 21.2. The lowest BCUT2D eigenvalue weighted by atomic mass is 10.1. The molecule has 0 aliphatic carbocycles. The van der Waals surface area contributed by atoms with Gasteiger partial charge in [0.15, 0.2) is 11.5 Å². The number of carboxylic acids is 1. The normalized spacial score (nSPS) is 11.0. The highest BCUT2D eigenvalue weighted by molar-refractivity contribution is 6.03. The maximum absolute atomic E-state index is 14.3. The van der Waals surface area contributed by atoms with Crippen molar-refractivity contribution in [2.24, 2.45) is 0 Å². The molecule has 4 aromatic heterocycles. The number of halogens is 1. The summed E-state index contributed by atoms with van der Waals surface area (Å²) in [5.74, 6) is -2.05. The fraction of sp³-hybridized carbons (Fsp3) is 0. The van der Waals surface area contributed by atoms with Gasteiger partial charge in [-0.2, -0.15) is 0 Å². The maximum atomic E-state index is 14.3. The lowest BCUT2D eigenvalue weighted by Gasteiger charge is -2.11. The van der Waals surface area contributed by atoms with E-state index in [9.17, 15) is 14.0 Å². The van der Waals surface area contributed by atoms with Crippen LogP contribution in [0.3, 0.4) is 0 Å². The summed E-state index contributed by atoms with van der Waals surface area (Å²) >= 11 is 0. The van der Waals surface area contributed by atoms with Crippen molar-refractivity contribution in [1.29, 1.82) is 0 Å². The monoisotopic (exact) mass is 545 g/mol. The van der Waals surface area contributed by atoms with Crippen molar-refractivity contribution in [3.63, 3.8) is 0 Å². The van der Waals surface area contributed by atoms with Gasteiger partial charge in [-0.1, -0.05) is 30.3 Å². The number of nitrogens with zero attached hydrogens (tertiary/aromatic N) is 5. The summed E-state index contributed by atoms with van der Waals surface area (Å²) in [7, 11) is 0. The molecule has 10 nitrogen and oxygen atoms in total. The van der Waals surface area contributed by atoms with Gasteiger partial charge in [-0.25, -0.2) is 29.1 Å². The molecule has 41 heavy (non-hydrogen) atoms. The molecule has 0 spiro atoms. The second-order valence-corrected chi connectivity index (χ2v) is 8.97. The minimum atomic E-state index is -1.27. The number of rotatable bonds is 6. The Hall–Kier alpha value is -5.97. The van der Waals surface area contributed by atoms with Gasteiger partial charge >= 0.3 is 5.97 Å². The second-order valence-electron chi connectivity index (χ2n) is 8.97. The number of carbonyl (C=O) groups excluding carboxylic acids is 1. The van der Waals surface area contributed by atoms with Crippen molar-refractivity contribution in [1.82, 2.24) is 24.5 Å². The number of nitrogen functional groups attached to an aromatic ring is 1. The zero-order valence-electron chi connectivity index (χ0n) is 21.2. The fourth-order valence-electron chi connectivity index (χ4n) is 4.35. The minimum absolute atomic E-state index is 0.0141. The van der Waals surface area contributed by atoms with E-state index in [0.29, 0.717) is 28.2 Å². The summed E-state index contributed by atoms with van der Waals surface area (Å²) < 4.78 is 16.1. The highest BCUT2D eigenvalue weighted by Crippen LogP contribution is 2.31. The Morgan fingerprint density at radius 2 is 1.73 bits per heavy atom. The molecule has 11 heteroatoms. The first-order valence-electron chi connectivity index (χ1n) is 12.4. The lowest BCUT2D eigenvalue weighted by Crippen LogP contribution is -2.15. The summed E-state index contributed by atoms with van der Waals surface area (Å²) in [6.45, 7) is 0. The summed E-state index contributed by atoms with van der Waals surface area (Å²) in [4.78, 5) is 42.0. The van der Waals surface area contributed by atoms with Crippen molar-refractivity contribution >= 4 is 34.5 Å². The number of amides is 1. The zero-order chi connectivity index (χ0) is 28.5. The third-order valence-corrected chi connectivity index (χ3v) is 6.36. The van der Waals surface area contributed by atoms with Gasteiger partial charge < -0.3 is 16.2 Å². The second kappa shape index (κ2) is 10.3. The Balaban J connectivity index is 1.40. The maximum Gasteiger partial charge on any atom is 0.335 e. The van der Waals surface area contributed by atoms with Crippen LogP contribution in [-0.2, 0) is 0 Å². The summed E-state index contributed by atoms with van der Waals surface area (Å²) in [6.07, 6.45) is 3.07. The molecule has 4 N–H and O–H groups in total. The van der Waals surface area contributed by atoms with E-state index >= 15 is 0 Å². The number of carbonyl (C=O) groups is 2. The van der Waals surface area contributed by atoms with E-state index in [0.717, 1.165) is 17.3 Å². The lowest BCUT2D eigenvalue weighted by molar-refractivity contribution is 0.0696. The topological polar surface area (TPSA) is 149 Å². The molecule has 0 aliphatic rings. The standard InChI is InChI=1S/C30H20FN7O3/c31-21-15-18(30(40)41)8-10-23(21)37-29(39)25-11-9-19(16-34-25)38-27(20-7-4-14-33-26(20)32)36-24-13-12-22(35-28(24)38)17-5-2-1-3-6-17/h1-16H,(H2,32,33)(H,37,39)(H,40,41).